The second-order valence-electron chi connectivity index (χ2n) is 8.54. The van der Waals surface area contributed by atoms with Crippen molar-refractivity contribution in [3.63, 3.8) is 0 Å². The Kier molecular flexibility index (Phi) is 5.64. The molecular formula is C24H26N4O3S. The molecule has 1 amide bonds. The summed E-state index contributed by atoms with van der Waals surface area (Å²) < 4.78 is 13.3. The number of benzene rings is 2. The Hall–Kier alpha value is -3.39. The van der Waals surface area contributed by atoms with Gasteiger partial charge in [-0.2, -0.15) is 9.78 Å². The van der Waals surface area contributed by atoms with Crippen LogP contribution in [0.3, 0.4) is 0 Å². The predicted octanol–water partition coefficient (Wildman–Crippen LogP) is 5.36. The van der Waals surface area contributed by atoms with Crippen LogP contribution < -0.4 is 14.8 Å². The number of carbonyl (C=O) groups excluding carboxylic acids is 1. The summed E-state index contributed by atoms with van der Waals surface area (Å²) in [6.07, 6.45) is 0. The summed E-state index contributed by atoms with van der Waals surface area (Å²) in [5, 5.41) is 8.20. The molecule has 166 valence electrons. The van der Waals surface area contributed by atoms with Crippen LogP contribution >= 0.6 is 11.3 Å². The maximum absolute atomic E-state index is 12.9. The molecule has 2 heterocycles. The Morgan fingerprint density at radius 1 is 1.03 bits per heavy atom. The molecule has 32 heavy (non-hydrogen) atoms. The third-order valence-corrected chi connectivity index (χ3v) is 6.14. The van der Waals surface area contributed by atoms with E-state index in [1.54, 1.807) is 41.3 Å². The van der Waals surface area contributed by atoms with Crippen molar-refractivity contribution in [3.8, 4) is 16.6 Å². The number of amides is 1. The molecule has 0 saturated heterocycles. The predicted molar refractivity (Wildman–Crippen MR) is 128 cm³/mol. The third kappa shape index (κ3) is 4.18. The Morgan fingerprint density at radius 2 is 1.78 bits per heavy atom. The topological polar surface area (TPSA) is 78.3 Å². The molecule has 2 aromatic carbocycles. The zero-order valence-electron chi connectivity index (χ0n) is 19.0. The fraction of sp³-hybridized carbons (Fsp3) is 0.292. The Labute approximate surface area is 191 Å². The monoisotopic (exact) mass is 450 g/mol. The number of fused-ring (bicyclic) bond motifs is 1. The molecule has 1 N–H and O–H groups in total. The van der Waals surface area contributed by atoms with Crippen LogP contribution in [0.1, 0.15) is 42.4 Å². The zero-order chi connectivity index (χ0) is 23.0. The van der Waals surface area contributed by atoms with Crippen LogP contribution in [0.2, 0.25) is 0 Å². The number of hydrogen-bond acceptors (Lipinski definition) is 6. The van der Waals surface area contributed by atoms with Crippen molar-refractivity contribution in [2.45, 2.75) is 33.1 Å². The normalized spacial score (nSPS) is 11.6. The number of nitrogens with zero attached hydrogens (tertiary/aromatic N) is 3. The molecule has 2 aromatic heterocycles. The highest BCUT2D eigenvalue weighted by Crippen LogP contribution is 2.32. The first-order chi connectivity index (χ1) is 15.2. The number of methoxy groups -OCH3 is 2. The van der Waals surface area contributed by atoms with Gasteiger partial charge in [0.25, 0.3) is 5.91 Å². The Bertz CT molecular complexity index is 1300. The number of aromatic nitrogens is 3. The highest BCUT2D eigenvalue weighted by molar-refractivity contribution is 7.20. The van der Waals surface area contributed by atoms with Crippen molar-refractivity contribution in [2.75, 3.05) is 19.5 Å². The van der Waals surface area contributed by atoms with E-state index in [0.29, 0.717) is 28.0 Å². The van der Waals surface area contributed by atoms with E-state index in [9.17, 15) is 4.79 Å². The summed E-state index contributed by atoms with van der Waals surface area (Å²) in [5.41, 5.74) is 3.44. The summed E-state index contributed by atoms with van der Waals surface area (Å²) in [6.45, 7) is 8.45. The summed E-state index contributed by atoms with van der Waals surface area (Å²) in [6, 6.07) is 13.2. The number of carbonyl (C=O) groups is 1. The minimum Gasteiger partial charge on any atom is -0.493 e. The molecule has 4 aromatic rings. The molecule has 8 heteroatoms. The van der Waals surface area contributed by atoms with Gasteiger partial charge in [-0.1, -0.05) is 38.2 Å². The van der Waals surface area contributed by atoms with Crippen molar-refractivity contribution >= 4 is 33.3 Å². The Morgan fingerprint density at radius 3 is 2.47 bits per heavy atom. The molecule has 0 aliphatic carbocycles. The fourth-order valence-electron chi connectivity index (χ4n) is 3.37. The van der Waals surface area contributed by atoms with E-state index in [2.05, 4.69) is 43.3 Å². The first-order valence-electron chi connectivity index (χ1n) is 10.2. The van der Waals surface area contributed by atoms with E-state index >= 15 is 0 Å². The number of anilines is 1. The standard InChI is InChI=1S/C24H26N4O3S/c1-14-11-21(26-22(29)15-7-10-18(30-5)19(12-15)31-6)28(27-14)23-25-17-9-8-16(24(2,3)4)13-20(17)32-23/h7-13H,1-6H3,(H,26,29). The van der Waals surface area contributed by atoms with Gasteiger partial charge in [-0.25, -0.2) is 4.98 Å². The molecule has 4 rings (SSSR count). The average molecular weight is 451 g/mol. The van der Waals surface area contributed by atoms with Gasteiger partial charge in [0.15, 0.2) is 11.5 Å². The maximum Gasteiger partial charge on any atom is 0.256 e. The van der Waals surface area contributed by atoms with E-state index in [0.717, 1.165) is 15.9 Å². The van der Waals surface area contributed by atoms with Crippen LogP contribution in [0.15, 0.2) is 42.5 Å². The summed E-state index contributed by atoms with van der Waals surface area (Å²) in [4.78, 5) is 17.7. The summed E-state index contributed by atoms with van der Waals surface area (Å²) in [7, 11) is 3.09. The fourth-order valence-corrected chi connectivity index (χ4v) is 4.34. The smallest absolute Gasteiger partial charge is 0.256 e. The van der Waals surface area contributed by atoms with Gasteiger partial charge in [0.05, 0.1) is 30.1 Å². The van der Waals surface area contributed by atoms with Gasteiger partial charge in [0.1, 0.15) is 5.82 Å². The van der Waals surface area contributed by atoms with Gasteiger partial charge in [-0.05, 0) is 48.2 Å². The van der Waals surface area contributed by atoms with Gasteiger partial charge in [0.2, 0.25) is 5.13 Å². The van der Waals surface area contributed by atoms with Crippen LogP contribution in [-0.4, -0.2) is 34.9 Å². The lowest BCUT2D eigenvalue weighted by Crippen LogP contribution is -2.15. The lowest BCUT2D eigenvalue weighted by molar-refractivity contribution is 0.102. The third-order valence-electron chi connectivity index (χ3n) is 5.14. The molecule has 7 nitrogen and oxygen atoms in total. The van der Waals surface area contributed by atoms with Crippen molar-refractivity contribution in [2.24, 2.45) is 0 Å². The maximum atomic E-state index is 12.9. The van der Waals surface area contributed by atoms with Gasteiger partial charge in [-0.15, -0.1) is 0 Å². The van der Waals surface area contributed by atoms with Crippen LogP contribution in [0, 0.1) is 6.92 Å². The van der Waals surface area contributed by atoms with Crippen molar-refractivity contribution in [3.05, 3.63) is 59.3 Å². The Balaban J connectivity index is 1.67. The van der Waals surface area contributed by atoms with Gasteiger partial charge < -0.3 is 14.8 Å². The number of hydrogen-bond donors (Lipinski definition) is 1. The first kappa shape index (κ1) is 21.8. The van der Waals surface area contributed by atoms with Crippen LogP contribution in [0.4, 0.5) is 5.82 Å². The molecule has 0 aliphatic heterocycles. The number of rotatable bonds is 5. The highest BCUT2D eigenvalue weighted by atomic mass is 32.1. The molecule has 0 saturated carbocycles. The highest BCUT2D eigenvalue weighted by Gasteiger charge is 2.19. The largest absolute Gasteiger partial charge is 0.493 e. The zero-order valence-corrected chi connectivity index (χ0v) is 19.8. The molecule has 0 bridgehead atoms. The van der Waals surface area contributed by atoms with Gasteiger partial charge in [0, 0.05) is 11.6 Å². The lowest BCUT2D eigenvalue weighted by atomic mass is 9.87. The summed E-state index contributed by atoms with van der Waals surface area (Å²) >= 11 is 1.54. The number of nitrogens with one attached hydrogen (secondary N) is 1. The van der Waals surface area contributed by atoms with Gasteiger partial charge >= 0.3 is 0 Å². The second kappa shape index (κ2) is 8.27. The molecule has 0 atom stereocenters. The van der Waals surface area contributed by atoms with Crippen molar-refractivity contribution in [1.29, 1.82) is 0 Å². The molecule has 0 radical (unpaired) electrons. The number of aryl methyl sites for hydroxylation is 1. The minimum atomic E-state index is -0.275. The van der Waals surface area contributed by atoms with Crippen molar-refractivity contribution in [1.82, 2.24) is 14.8 Å². The van der Waals surface area contributed by atoms with Gasteiger partial charge in [-0.3, -0.25) is 4.79 Å². The molecule has 0 unspecified atom stereocenters. The minimum absolute atomic E-state index is 0.0547. The van der Waals surface area contributed by atoms with Crippen LogP contribution in [0.25, 0.3) is 15.3 Å². The van der Waals surface area contributed by atoms with E-state index in [1.807, 2.05) is 19.1 Å². The lowest BCUT2D eigenvalue weighted by Gasteiger charge is -2.18. The average Bonchev–Trinajstić information content (AvgIpc) is 3.34. The van der Waals surface area contributed by atoms with E-state index in [-0.39, 0.29) is 11.3 Å². The number of thiazole rings is 1. The van der Waals surface area contributed by atoms with E-state index < -0.39 is 0 Å². The number of ether oxygens (including phenoxy) is 2. The first-order valence-corrected chi connectivity index (χ1v) is 11.0. The SMILES string of the molecule is COc1ccc(C(=O)Nc2cc(C)nn2-c2nc3ccc(C(C)(C)C)cc3s2)cc1OC. The van der Waals surface area contributed by atoms with Crippen molar-refractivity contribution < 1.29 is 14.3 Å². The van der Waals surface area contributed by atoms with E-state index in [4.69, 9.17) is 14.5 Å². The summed E-state index contributed by atoms with van der Waals surface area (Å²) in [5.74, 6) is 1.33. The molecular weight excluding hydrogens is 424 g/mol. The quantitative estimate of drug-likeness (QED) is 0.443. The van der Waals surface area contributed by atoms with E-state index in [1.165, 1.54) is 12.7 Å². The molecule has 0 fully saturated rings. The van der Waals surface area contributed by atoms with Crippen LogP contribution in [-0.2, 0) is 5.41 Å². The molecule has 0 spiro atoms. The second-order valence-corrected chi connectivity index (χ2v) is 9.54. The van der Waals surface area contributed by atoms with Crippen LogP contribution in [0.5, 0.6) is 11.5 Å². The molecule has 0 aliphatic rings.